The molecule has 1 heterocycles. The molecular weight excluding hydrogens is 300 g/mol. The number of allylic oxidation sites excluding steroid dienone is 4. The van der Waals surface area contributed by atoms with Crippen molar-refractivity contribution < 1.29 is 9.53 Å². The first kappa shape index (κ1) is 20.7. The van der Waals surface area contributed by atoms with E-state index in [9.17, 15) is 4.79 Å². The number of rotatable bonds is 9. The van der Waals surface area contributed by atoms with Crippen LogP contribution in [-0.2, 0) is 9.53 Å². The standard InChI is InChI=1S/C20H34N2O2/c1-7-10-17(11-8-2)15(3)14-21-20(23)16(4)19(24-6)18-12-9-13-22(18)5/h7-8,10-11,15-16,18-19H,1,9,12-14H2,2-6H3,(H,21,23)/b11-8-,17-10+. The molecule has 0 aliphatic carbocycles. The summed E-state index contributed by atoms with van der Waals surface area (Å²) in [5.74, 6) is 0.138. The summed E-state index contributed by atoms with van der Waals surface area (Å²) in [5, 5.41) is 3.09. The molecule has 0 aromatic rings. The van der Waals surface area contributed by atoms with Crippen LogP contribution in [0.4, 0.5) is 0 Å². The molecule has 1 aliphatic rings. The van der Waals surface area contributed by atoms with Gasteiger partial charge in [-0.2, -0.15) is 0 Å². The minimum Gasteiger partial charge on any atom is -0.379 e. The van der Waals surface area contributed by atoms with E-state index in [1.807, 2.05) is 26.0 Å². The molecule has 1 aliphatic heterocycles. The quantitative estimate of drug-likeness (QED) is 0.659. The maximum absolute atomic E-state index is 12.6. The van der Waals surface area contributed by atoms with Gasteiger partial charge in [0.25, 0.3) is 0 Å². The fourth-order valence-electron chi connectivity index (χ4n) is 3.44. The van der Waals surface area contributed by atoms with Crippen LogP contribution in [0.5, 0.6) is 0 Å². The fourth-order valence-corrected chi connectivity index (χ4v) is 3.44. The lowest BCUT2D eigenvalue weighted by molar-refractivity contribution is -0.130. The monoisotopic (exact) mass is 334 g/mol. The van der Waals surface area contributed by atoms with Gasteiger partial charge in [0.2, 0.25) is 5.91 Å². The topological polar surface area (TPSA) is 41.6 Å². The number of hydrogen-bond donors (Lipinski definition) is 1. The van der Waals surface area contributed by atoms with Crippen LogP contribution in [0.15, 0.2) is 36.5 Å². The van der Waals surface area contributed by atoms with Gasteiger partial charge in [0, 0.05) is 19.7 Å². The Morgan fingerprint density at radius 2 is 2.17 bits per heavy atom. The minimum absolute atomic E-state index is 0.0624. The van der Waals surface area contributed by atoms with Crippen LogP contribution in [-0.4, -0.2) is 50.2 Å². The third-order valence-corrected chi connectivity index (χ3v) is 4.96. The Balaban J connectivity index is 2.62. The van der Waals surface area contributed by atoms with Crippen molar-refractivity contribution in [3.8, 4) is 0 Å². The first-order valence-corrected chi connectivity index (χ1v) is 8.92. The number of nitrogens with zero attached hydrogens (tertiary/aromatic N) is 1. The number of likely N-dealkylation sites (N-methyl/N-ethyl adjacent to an activating group) is 1. The van der Waals surface area contributed by atoms with E-state index in [0.717, 1.165) is 13.0 Å². The molecule has 136 valence electrons. The Hall–Kier alpha value is -1.39. The normalized spacial score (nSPS) is 23.2. The van der Waals surface area contributed by atoms with Gasteiger partial charge in [-0.25, -0.2) is 0 Å². The number of nitrogens with one attached hydrogen (secondary N) is 1. The number of likely N-dealkylation sites (tertiary alicyclic amines) is 1. The highest BCUT2D eigenvalue weighted by Crippen LogP contribution is 2.24. The average molecular weight is 335 g/mol. The van der Waals surface area contributed by atoms with Crippen molar-refractivity contribution in [1.82, 2.24) is 10.2 Å². The van der Waals surface area contributed by atoms with Crippen LogP contribution in [0, 0.1) is 11.8 Å². The van der Waals surface area contributed by atoms with Gasteiger partial charge < -0.3 is 15.0 Å². The number of carbonyl (C=O) groups excluding carboxylic acids is 1. The van der Waals surface area contributed by atoms with E-state index in [0.29, 0.717) is 12.6 Å². The molecule has 1 amide bonds. The lowest BCUT2D eigenvalue weighted by Gasteiger charge is -2.32. The van der Waals surface area contributed by atoms with Crippen LogP contribution >= 0.6 is 0 Å². The lowest BCUT2D eigenvalue weighted by atomic mass is 9.94. The smallest absolute Gasteiger partial charge is 0.225 e. The Bertz CT molecular complexity index is 470. The van der Waals surface area contributed by atoms with E-state index in [2.05, 4.69) is 36.8 Å². The van der Waals surface area contributed by atoms with Gasteiger partial charge in [0.1, 0.15) is 0 Å². The van der Waals surface area contributed by atoms with Gasteiger partial charge in [-0.05, 0) is 44.8 Å². The predicted octanol–water partition coefficient (Wildman–Crippen LogP) is 3.17. The van der Waals surface area contributed by atoms with Crippen LogP contribution in [0.25, 0.3) is 0 Å². The molecule has 0 aromatic carbocycles. The van der Waals surface area contributed by atoms with Gasteiger partial charge in [-0.1, -0.05) is 44.7 Å². The second kappa shape index (κ2) is 10.5. The molecule has 0 spiro atoms. The van der Waals surface area contributed by atoms with Crippen molar-refractivity contribution in [2.45, 2.75) is 45.8 Å². The van der Waals surface area contributed by atoms with Gasteiger partial charge in [0.15, 0.2) is 0 Å². The second-order valence-electron chi connectivity index (χ2n) is 6.73. The Morgan fingerprint density at radius 3 is 2.67 bits per heavy atom. The average Bonchev–Trinajstić information content (AvgIpc) is 2.98. The number of carbonyl (C=O) groups is 1. The summed E-state index contributed by atoms with van der Waals surface area (Å²) in [4.78, 5) is 14.9. The molecule has 0 radical (unpaired) electrons. The number of amides is 1. The van der Waals surface area contributed by atoms with Crippen molar-refractivity contribution in [2.24, 2.45) is 11.8 Å². The van der Waals surface area contributed by atoms with E-state index in [-0.39, 0.29) is 23.8 Å². The summed E-state index contributed by atoms with van der Waals surface area (Å²) in [6.45, 7) is 11.5. The van der Waals surface area contributed by atoms with Gasteiger partial charge in [-0.15, -0.1) is 0 Å². The first-order valence-electron chi connectivity index (χ1n) is 8.92. The summed E-state index contributed by atoms with van der Waals surface area (Å²) < 4.78 is 5.68. The van der Waals surface area contributed by atoms with Crippen LogP contribution in [0.1, 0.15) is 33.6 Å². The molecule has 24 heavy (non-hydrogen) atoms. The van der Waals surface area contributed by atoms with Gasteiger partial charge in [-0.3, -0.25) is 4.79 Å². The third-order valence-electron chi connectivity index (χ3n) is 4.96. The Labute approximate surface area is 147 Å². The predicted molar refractivity (Wildman–Crippen MR) is 101 cm³/mol. The summed E-state index contributed by atoms with van der Waals surface area (Å²) >= 11 is 0. The number of ether oxygens (including phenoxy) is 1. The fraction of sp³-hybridized carbons (Fsp3) is 0.650. The molecule has 4 unspecified atom stereocenters. The van der Waals surface area contributed by atoms with Gasteiger partial charge in [0.05, 0.1) is 12.0 Å². The van der Waals surface area contributed by atoms with E-state index < -0.39 is 0 Å². The molecule has 4 nitrogen and oxygen atoms in total. The lowest BCUT2D eigenvalue weighted by Crippen LogP contribution is -2.47. The molecule has 0 aromatic heterocycles. The largest absolute Gasteiger partial charge is 0.379 e. The Kier molecular flexibility index (Phi) is 9.01. The van der Waals surface area contributed by atoms with Crippen LogP contribution in [0.3, 0.4) is 0 Å². The minimum atomic E-state index is -0.165. The summed E-state index contributed by atoms with van der Waals surface area (Å²) in [5.41, 5.74) is 1.17. The molecule has 0 saturated carbocycles. The van der Waals surface area contributed by atoms with Crippen molar-refractivity contribution >= 4 is 5.91 Å². The van der Waals surface area contributed by atoms with Gasteiger partial charge >= 0.3 is 0 Å². The number of hydrogen-bond acceptors (Lipinski definition) is 3. The Morgan fingerprint density at radius 1 is 1.46 bits per heavy atom. The van der Waals surface area contributed by atoms with Crippen molar-refractivity contribution in [3.05, 3.63) is 36.5 Å². The van der Waals surface area contributed by atoms with E-state index in [1.54, 1.807) is 13.2 Å². The third kappa shape index (κ3) is 5.60. The summed E-state index contributed by atoms with van der Waals surface area (Å²) in [6.07, 6.45) is 10.0. The number of methoxy groups -OCH3 is 1. The highest BCUT2D eigenvalue weighted by molar-refractivity contribution is 5.79. The zero-order chi connectivity index (χ0) is 18.1. The van der Waals surface area contributed by atoms with Crippen molar-refractivity contribution in [3.63, 3.8) is 0 Å². The van der Waals surface area contributed by atoms with E-state index in [1.165, 1.54) is 12.0 Å². The molecule has 1 N–H and O–H groups in total. The van der Waals surface area contributed by atoms with E-state index in [4.69, 9.17) is 4.74 Å². The molecule has 4 atom stereocenters. The maximum atomic E-state index is 12.6. The molecule has 4 heteroatoms. The summed E-state index contributed by atoms with van der Waals surface area (Å²) in [6, 6.07) is 0.326. The zero-order valence-electron chi connectivity index (χ0n) is 15.9. The molecule has 1 rings (SSSR count). The van der Waals surface area contributed by atoms with Crippen molar-refractivity contribution in [1.29, 1.82) is 0 Å². The molecular formula is C20H34N2O2. The first-order chi connectivity index (χ1) is 11.5. The van der Waals surface area contributed by atoms with Crippen molar-refractivity contribution in [2.75, 3.05) is 27.2 Å². The summed E-state index contributed by atoms with van der Waals surface area (Å²) in [7, 11) is 3.82. The molecule has 1 saturated heterocycles. The van der Waals surface area contributed by atoms with E-state index >= 15 is 0 Å². The highest BCUT2D eigenvalue weighted by Gasteiger charge is 2.35. The second-order valence-corrected chi connectivity index (χ2v) is 6.73. The SMILES string of the molecule is C=C/C=C(\C=C/C)C(C)CNC(=O)C(C)C(OC)C1CCCN1C. The van der Waals surface area contributed by atoms with Crippen LogP contribution < -0.4 is 5.32 Å². The molecule has 0 bridgehead atoms. The zero-order valence-corrected chi connectivity index (χ0v) is 15.9. The molecule has 1 fully saturated rings. The van der Waals surface area contributed by atoms with Crippen LogP contribution in [0.2, 0.25) is 0 Å². The highest BCUT2D eigenvalue weighted by atomic mass is 16.5. The maximum Gasteiger partial charge on any atom is 0.225 e.